The molecule has 0 radical (unpaired) electrons. The first kappa shape index (κ1) is 17.5. The second-order valence-electron chi connectivity index (χ2n) is 8.45. The SMILES string of the molecule is CC1=C(CCC2=C[C@H](O)OC2=O)[C@@]2(C)CCC[C@]3(C)C(=O)O[C@H](C1=O)[C@@H]32. The van der Waals surface area contributed by atoms with Gasteiger partial charge in [0.05, 0.1) is 5.41 Å². The molecule has 2 aliphatic carbocycles. The highest BCUT2D eigenvalue weighted by Gasteiger charge is 2.66. The highest BCUT2D eigenvalue weighted by molar-refractivity contribution is 6.04. The summed E-state index contributed by atoms with van der Waals surface area (Å²) in [6, 6.07) is 0. The normalized spacial score (nSPS) is 41.8. The number of ketones is 1. The maximum atomic E-state index is 12.9. The van der Waals surface area contributed by atoms with E-state index in [1.54, 1.807) is 6.92 Å². The first-order chi connectivity index (χ1) is 12.2. The standard InChI is InChI=1S/C20H24O6/c1-10-12(6-5-11-9-13(21)25-17(11)23)19(2)7-4-8-20(3)16(19)15(14(10)22)26-18(20)24/h9,13,15-16,21H,4-8H2,1-3H3/t13-,15-,16-,19-,20+/m1/s1. The van der Waals surface area contributed by atoms with Crippen LogP contribution in [0.4, 0.5) is 0 Å². The number of Topliss-reactive ketones (excluding diaryl/α,β-unsaturated/α-hetero) is 1. The predicted molar refractivity (Wildman–Crippen MR) is 90.6 cm³/mol. The molecule has 2 aliphatic heterocycles. The van der Waals surface area contributed by atoms with E-state index < -0.39 is 23.8 Å². The van der Waals surface area contributed by atoms with Gasteiger partial charge in [0.1, 0.15) is 0 Å². The minimum Gasteiger partial charge on any atom is -0.453 e. The van der Waals surface area contributed by atoms with Gasteiger partial charge in [-0.3, -0.25) is 9.59 Å². The molecule has 0 amide bonds. The van der Waals surface area contributed by atoms with Gasteiger partial charge >= 0.3 is 11.9 Å². The predicted octanol–water partition coefficient (Wildman–Crippen LogP) is 2.21. The number of esters is 2. The number of hydrogen-bond acceptors (Lipinski definition) is 6. The van der Waals surface area contributed by atoms with Crippen molar-refractivity contribution in [1.82, 2.24) is 0 Å². The molecule has 1 saturated carbocycles. The Hall–Kier alpha value is -1.95. The number of aliphatic hydroxyl groups is 1. The lowest BCUT2D eigenvalue weighted by atomic mass is 9.49. The summed E-state index contributed by atoms with van der Waals surface area (Å²) in [4.78, 5) is 37.2. The zero-order valence-corrected chi connectivity index (χ0v) is 15.3. The Balaban J connectivity index is 1.70. The van der Waals surface area contributed by atoms with Crippen molar-refractivity contribution in [3.05, 3.63) is 22.8 Å². The number of ether oxygens (including phenoxy) is 2. The number of carbonyl (C=O) groups excluding carboxylic acids is 3. The molecule has 4 aliphatic rings. The highest BCUT2D eigenvalue weighted by Crippen LogP contribution is 2.63. The van der Waals surface area contributed by atoms with Gasteiger partial charge in [0.25, 0.3) is 0 Å². The quantitative estimate of drug-likeness (QED) is 0.776. The summed E-state index contributed by atoms with van der Waals surface area (Å²) < 4.78 is 10.3. The first-order valence-corrected chi connectivity index (χ1v) is 9.24. The molecule has 0 aromatic heterocycles. The summed E-state index contributed by atoms with van der Waals surface area (Å²) in [5, 5.41) is 9.44. The lowest BCUT2D eigenvalue weighted by molar-refractivity contribution is -0.151. The fraction of sp³-hybridized carbons (Fsp3) is 0.650. The van der Waals surface area contributed by atoms with Gasteiger partial charge in [0.15, 0.2) is 11.9 Å². The molecule has 0 unspecified atom stereocenters. The maximum Gasteiger partial charge on any atom is 0.336 e. The molecule has 0 aromatic rings. The molecule has 1 N–H and O–H groups in total. The molecule has 2 fully saturated rings. The summed E-state index contributed by atoms with van der Waals surface area (Å²) in [5.41, 5.74) is 1.18. The Labute approximate surface area is 152 Å². The molecule has 4 rings (SSSR count). The molecule has 6 heteroatoms. The lowest BCUT2D eigenvalue weighted by Gasteiger charge is -2.51. The van der Waals surface area contributed by atoms with Crippen LogP contribution in [0, 0.1) is 16.7 Å². The van der Waals surface area contributed by atoms with E-state index in [-0.39, 0.29) is 23.1 Å². The fourth-order valence-corrected chi connectivity index (χ4v) is 5.76. The Kier molecular flexibility index (Phi) is 3.71. The molecule has 26 heavy (non-hydrogen) atoms. The van der Waals surface area contributed by atoms with E-state index >= 15 is 0 Å². The van der Waals surface area contributed by atoms with Crippen LogP contribution in [-0.4, -0.2) is 35.2 Å². The Morgan fingerprint density at radius 2 is 1.81 bits per heavy atom. The Bertz CT molecular complexity index is 777. The van der Waals surface area contributed by atoms with E-state index in [2.05, 4.69) is 6.92 Å². The summed E-state index contributed by atoms with van der Waals surface area (Å²) >= 11 is 0. The minimum atomic E-state index is -1.18. The average Bonchev–Trinajstić information content (AvgIpc) is 3.03. The van der Waals surface area contributed by atoms with E-state index in [0.717, 1.165) is 24.8 Å². The van der Waals surface area contributed by atoms with Crippen molar-refractivity contribution in [3.63, 3.8) is 0 Å². The molecule has 0 aromatic carbocycles. The minimum absolute atomic E-state index is 0.107. The zero-order valence-electron chi connectivity index (χ0n) is 15.3. The Morgan fingerprint density at radius 3 is 2.46 bits per heavy atom. The van der Waals surface area contributed by atoms with Gasteiger partial charge in [-0.15, -0.1) is 0 Å². The van der Waals surface area contributed by atoms with Crippen LogP contribution in [0.15, 0.2) is 22.8 Å². The number of cyclic esters (lactones) is 1. The molecule has 140 valence electrons. The number of carbonyl (C=O) groups is 3. The summed E-state index contributed by atoms with van der Waals surface area (Å²) in [6.07, 6.45) is 3.04. The lowest BCUT2D eigenvalue weighted by Crippen LogP contribution is -2.52. The summed E-state index contributed by atoms with van der Waals surface area (Å²) in [7, 11) is 0. The topological polar surface area (TPSA) is 89.9 Å². The van der Waals surface area contributed by atoms with Crippen molar-refractivity contribution < 1.29 is 29.0 Å². The van der Waals surface area contributed by atoms with E-state index in [9.17, 15) is 19.5 Å². The Morgan fingerprint density at radius 1 is 1.12 bits per heavy atom. The number of aliphatic hydroxyl groups excluding tert-OH is 1. The zero-order chi connectivity index (χ0) is 18.9. The van der Waals surface area contributed by atoms with Gasteiger partial charge in [0, 0.05) is 11.5 Å². The van der Waals surface area contributed by atoms with Crippen LogP contribution in [0.2, 0.25) is 0 Å². The van der Waals surface area contributed by atoms with Crippen LogP contribution in [0.25, 0.3) is 0 Å². The van der Waals surface area contributed by atoms with Gasteiger partial charge in [-0.05, 0) is 56.6 Å². The van der Waals surface area contributed by atoms with Crippen molar-refractivity contribution in [3.8, 4) is 0 Å². The van der Waals surface area contributed by atoms with Crippen molar-refractivity contribution in [1.29, 1.82) is 0 Å². The first-order valence-electron chi connectivity index (χ1n) is 9.24. The molecular formula is C20H24O6. The monoisotopic (exact) mass is 360 g/mol. The van der Waals surface area contributed by atoms with Crippen molar-refractivity contribution in [2.45, 2.75) is 65.3 Å². The molecule has 5 atom stereocenters. The van der Waals surface area contributed by atoms with Gasteiger partial charge in [0.2, 0.25) is 6.29 Å². The number of allylic oxidation sites excluding steroid dienone is 1. The molecular weight excluding hydrogens is 336 g/mol. The van der Waals surface area contributed by atoms with Crippen LogP contribution >= 0.6 is 0 Å². The highest BCUT2D eigenvalue weighted by atomic mass is 16.6. The van der Waals surface area contributed by atoms with E-state index in [1.165, 1.54) is 6.08 Å². The third-order valence-corrected chi connectivity index (χ3v) is 7.02. The van der Waals surface area contributed by atoms with Crippen molar-refractivity contribution in [2.24, 2.45) is 16.7 Å². The van der Waals surface area contributed by atoms with Crippen LogP contribution in [0.3, 0.4) is 0 Å². The molecule has 1 saturated heterocycles. The third-order valence-electron chi connectivity index (χ3n) is 7.02. The van der Waals surface area contributed by atoms with Crippen LogP contribution in [0.1, 0.15) is 52.9 Å². The van der Waals surface area contributed by atoms with E-state index in [4.69, 9.17) is 9.47 Å². The van der Waals surface area contributed by atoms with Crippen LogP contribution in [-0.2, 0) is 23.9 Å². The number of hydrogen-bond donors (Lipinski definition) is 1. The molecule has 6 nitrogen and oxygen atoms in total. The van der Waals surface area contributed by atoms with Gasteiger partial charge in [-0.25, -0.2) is 4.79 Å². The average molecular weight is 360 g/mol. The van der Waals surface area contributed by atoms with E-state index in [1.807, 2.05) is 6.92 Å². The fourth-order valence-electron chi connectivity index (χ4n) is 5.76. The largest absolute Gasteiger partial charge is 0.453 e. The third kappa shape index (κ3) is 2.17. The molecule has 0 spiro atoms. The molecule has 0 bridgehead atoms. The van der Waals surface area contributed by atoms with Gasteiger partial charge < -0.3 is 14.6 Å². The smallest absolute Gasteiger partial charge is 0.336 e. The van der Waals surface area contributed by atoms with E-state index in [0.29, 0.717) is 24.0 Å². The summed E-state index contributed by atoms with van der Waals surface area (Å²) in [6.45, 7) is 5.86. The maximum absolute atomic E-state index is 12.9. The second-order valence-corrected chi connectivity index (χ2v) is 8.45. The van der Waals surface area contributed by atoms with Crippen LogP contribution < -0.4 is 0 Å². The van der Waals surface area contributed by atoms with Crippen molar-refractivity contribution >= 4 is 17.7 Å². The van der Waals surface area contributed by atoms with Gasteiger partial charge in [-0.1, -0.05) is 18.9 Å². The van der Waals surface area contributed by atoms with Gasteiger partial charge in [-0.2, -0.15) is 0 Å². The second kappa shape index (κ2) is 5.52. The van der Waals surface area contributed by atoms with Crippen LogP contribution in [0.5, 0.6) is 0 Å². The summed E-state index contributed by atoms with van der Waals surface area (Å²) in [5.74, 6) is -1.03. The van der Waals surface area contributed by atoms with Crippen molar-refractivity contribution in [2.75, 3.05) is 0 Å². The molecule has 2 heterocycles. The number of rotatable bonds is 3.